The molecular weight excluding hydrogens is 653 g/mol. The van der Waals surface area contributed by atoms with E-state index in [1.165, 1.54) is 111 Å². The molecule has 0 fully saturated rings. The molecule has 0 radical (unpaired) electrons. The lowest BCUT2D eigenvalue weighted by molar-refractivity contribution is 0.660. The molecule has 0 aliphatic heterocycles. The Morgan fingerprint density at radius 2 is 0.889 bits per heavy atom. The third-order valence-electron chi connectivity index (χ3n) is 12.5. The molecule has 254 valence electrons. The van der Waals surface area contributed by atoms with Gasteiger partial charge in [-0.1, -0.05) is 123 Å². The summed E-state index contributed by atoms with van der Waals surface area (Å²) in [5.74, 6) is 0. The number of hydrogen-bond acceptors (Lipinski definition) is 0. The first kappa shape index (κ1) is 29.9. The van der Waals surface area contributed by atoms with E-state index < -0.39 is 0 Å². The highest BCUT2D eigenvalue weighted by atomic mass is 15.0. The molecule has 0 saturated heterocycles. The van der Waals surface area contributed by atoms with Crippen LogP contribution in [0.2, 0.25) is 0 Å². The third-order valence-corrected chi connectivity index (χ3v) is 12.5. The van der Waals surface area contributed by atoms with Crippen molar-refractivity contribution >= 4 is 43.6 Å². The largest absolute Gasteiger partial charge is 0.309 e. The van der Waals surface area contributed by atoms with Crippen LogP contribution in [-0.4, -0.2) is 9.13 Å². The zero-order valence-corrected chi connectivity index (χ0v) is 30.3. The smallest absolute Gasteiger partial charge is 0.0541 e. The summed E-state index contributed by atoms with van der Waals surface area (Å²) in [6.45, 7) is 4.72. The maximum absolute atomic E-state index is 2.46. The molecule has 2 heterocycles. The van der Waals surface area contributed by atoms with Crippen LogP contribution in [0.3, 0.4) is 0 Å². The zero-order valence-electron chi connectivity index (χ0n) is 30.3. The molecule has 12 rings (SSSR count). The van der Waals surface area contributed by atoms with Gasteiger partial charge in [0.25, 0.3) is 0 Å². The van der Waals surface area contributed by atoms with Crippen molar-refractivity contribution in [2.45, 2.75) is 25.7 Å². The van der Waals surface area contributed by atoms with Crippen LogP contribution in [0.5, 0.6) is 0 Å². The lowest BCUT2D eigenvalue weighted by atomic mass is 9.82. The molecule has 2 nitrogen and oxygen atoms in total. The Morgan fingerprint density at radius 3 is 1.59 bits per heavy atom. The van der Waals surface area contributed by atoms with Crippen LogP contribution in [0, 0.1) is 0 Å². The van der Waals surface area contributed by atoms with Crippen molar-refractivity contribution in [2.24, 2.45) is 0 Å². The van der Waals surface area contributed by atoms with Gasteiger partial charge in [0.15, 0.2) is 0 Å². The van der Waals surface area contributed by atoms with E-state index in [4.69, 9.17) is 0 Å². The number of benzene rings is 8. The fourth-order valence-electron chi connectivity index (χ4n) is 9.94. The fraction of sp³-hybridized carbons (Fsp3) is 0.0769. The molecule has 10 aromatic rings. The Morgan fingerprint density at radius 1 is 0.370 bits per heavy atom. The van der Waals surface area contributed by atoms with Crippen LogP contribution in [0.15, 0.2) is 170 Å². The number of aromatic nitrogens is 2. The molecule has 2 aromatic heterocycles. The van der Waals surface area contributed by atoms with Crippen molar-refractivity contribution in [3.05, 3.63) is 192 Å². The Bertz CT molecular complexity index is 3220. The van der Waals surface area contributed by atoms with Crippen molar-refractivity contribution in [1.82, 2.24) is 9.13 Å². The standard InChI is InChI=1S/C52H36N2/c1-52(2)46-16-8-5-13-39(46)40-24-23-37(31-47(40)52)54-49-18-10-7-15-42(49)45-29-33(21-26-51(45)54)32-20-25-50-44(28-32)41-14-6-9-17-48(41)53(50)36-22-19-35-27-34-11-3-4-12-38(34)43(35)30-36/h3-26,28-31H,27H2,1-2H3. The van der Waals surface area contributed by atoms with Crippen molar-refractivity contribution in [3.8, 4) is 44.8 Å². The minimum absolute atomic E-state index is 0.0540. The molecule has 8 aromatic carbocycles. The summed E-state index contributed by atoms with van der Waals surface area (Å²) < 4.78 is 4.91. The van der Waals surface area contributed by atoms with E-state index in [1.807, 2.05) is 0 Å². The first-order chi connectivity index (χ1) is 26.5. The normalized spacial score (nSPS) is 13.8. The van der Waals surface area contributed by atoms with Gasteiger partial charge in [-0.2, -0.15) is 0 Å². The van der Waals surface area contributed by atoms with Crippen molar-refractivity contribution in [1.29, 1.82) is 0 Å². The molecule has 0 spiro atoms. The molecule has 2 aliphatic carbocycles. The average Bonchev–Trinajstić information content (AvgIpc) is 3.92. The van der Waals surface area contributed by atoms with Crippen LogP contribution in [-0.2, 0) is 11.8 Å². The molecule has 54 heavy (non-hydrogen) atoms. The SMILES string of the molecule is CC1(C)c2ccccc2-c2ccc(-n3c4ccccc4c4cc(-c5ccc6c(c5)c5ccccc5n6-c5ccc6c(c5)-c5ccccc5C6)ccc43)cc21. The van der Waals surface area contributed by atoms with Crippen LogP contribution >= 0.6 is 0 Å². The van der Waals surface area contributed by atoms with Crippen LogP contribution in [0.25, 0.3) is 88.4 Å². The minimum atomic E-state index is -0.0540. The quantitative estimate of drug-likeness (QED) is 0.175. The van der Waals surface area contributed by atoms with E-state index in [-0.39, 0.29) is 5.41 Å². The second-order valence-electron chi connectivity index (χ2n) is 15.7. The van der Waals surface area contributed by atoms with Crippen molar-refractivity contribution < 1.29 is 0 Å². The van der Waals surface area contributed by atoms with E-state index in [0.29, 0.717) is 0 Å². The molecule has 0 unspecified atom stereocenters. The number of rotatable bonds is 3. The Labute approximate surface area is 314 Å². The van der Waals surface area contributed by atoms with Crippen LogP contribution < -0.4 is 0 Å². The van der Waals surface area contributed by atoms with Gasteiger partial charge in [-0.15, -0.1) is 0 Å². The fourth-order valence-corrected chi connectivity index (χ4v) is 9.94. The maximum atomic E-state index is 2.46. The summed E-state index contributed by atoms with van der Waals surface area (Å²) >= 11 is 0. The summed E-state index contributed by atoms with van der Waals surface area (Å²) in [5.41, 5.74) is 20.8. The van der Waals surface area contributed by atoms with E-state index in [2.05, 4.69) is 193 Å². The summed E-state index contributed by atoms with van der Waals surface area (Å²) in [6.07, 6.45) is 1.01. The van der Waals surface area contributed by atoms with E-state index in [9.17, 15) is 0 Å². The third kappa shape index (κ3) is 4.00. The molecule has 2 heteroatoms. The lowest BCUT2D eigenvalue weighted by Gasteiger charge is -2.22. The predicted octanol–water partition coefficient (Wildman–Crippen LogP) is 13.4. The molecule has 0 atom stereocenters. The van der Waals surface area contributed by atoms with Crippen molar-refractivity contribution in [3.63, 3.8) is 0 Å². The van der Waals surface area contributed by atoms with Crippen molar-refractivity contribution in [2.75, 3.05) is 0 Å². The molecule has 0 saturated carbocycles. The van der Waals surface area contributed by atoms with E-state index in [1.54, 1.807) is 0 Å². The molecule has 0 amide bonds. The Hall–Kier alpha value is -6.64. The van der Waals surface area contributed by atoms with Gasteiger partial charge in [-0.05, 0) is 123 Å². The monoisotopic (exact) mass is 688 g/mol. The van der Waals surface area contributed by atoms with Gasteiger partial charge in [0, 0.05) is 38.3 Å². The lowest BCUT2D eigenvalue weighted by Crippen LogP contribution is -2.15. The highest BCUT2D eigenvalue weighted by Gasteiger charge is 2.35. The zero-order chi connectivity index (χ0) is 35.7. The van der Waals surface area contributed by atoms with Crippen LogP contribution in [0.4, 0.5) is 0 Å². The maximum Gasteiger partial charge on any atom is 0.0541 e. The summed E-state index contributed by atoms with van der Waals surface area (Å²) in [5, 5.41) is 5.09. The number of fused-ring (bicyclic) bond motifs is 12. The number of para-hydroxylation sites is 2. The second kappa shape index (κ2) is 10.7. The van der Waals surface area contributed by atoms with Crippen LogP contribution in [0.1, 0.15) is 36.1 Å². The average molecular weight is 689 g/mol. The van der Waals surface area contributed by atoms with Gasteiger partial charge >= 0.3 is 0 Å². The summed E-state index contributed by atoms with van der Waals surface area (Å²) in [4.78, 5) is 0. The molecular formula is C52H36N2. The molecule has 0 bridgehead atoms. The second-order valence-corrected chi connectivity index (χ2v) is 15.7. The van der Waals surface area contributed by atoms with Gasteiger partial charge in [0.05, 0.1) is 22.1 Å². The van der Waals surface area contributed by atoms with Gasteiger partial charge < -0.3 is 9.13 Å². The first-order valence-corrected chi connectivity index (χ1v) is 19.1. The highest BCUT2D eigenvalue weighted by molar-refractivity contribution is 6.13. The topological polar surface area (TPSA) is 9.86 Å². The minimum Gasteiger partial charge on any atom is -0.309 e. The van der Waals surface area contributed by atoms with Gasteiger partial charge in [0.2, 0.25) is 0 Å². The number of nitrogens with zero attached hydrogens (tertiary/aromatic N) is 2. The predicted molar refractivity (Wildman–Crippen MR) is 226 cm³/mol. The first-order valence-electron chi connectivity index (χ1n) is 19.1. The van der Waals surface area contributed by atoms with Gasteiger partial charge in [0.1, 0.15) is 0 Å². The number of hydrogen-bond donors (Lipinski definition) is 0. The summed E-state index contributed by atoms with van der Waals surface area (Å²) in [7, 11) is 0. The Kier molecular flexibility index (Phi) is 5.93. The highest BCUT2D eigenvalue weighted by Crippen LogP contribution is 2.49. The van der Waals surface area contributed by atoms with E-state index >= 15 is 0 Å². The van der Waals surface area contributed by atoms with E-state index in [0.717, 1.165) is 6.42 Å². The van der Waals surface area contributed by atoms with Gasteiger partial charge in [-0.3, -0.25) is 0 Å². The summed E-state index contributed by atoms with van der Waals surface area (Å²) in [6, 6.07) is 63.6. The Balaban J connectivity index is 1.00. The van der Waals surface area contributed by atoms with Gasteiger partial charge in [-0.25, -0.2) is 0 Å². The molecule has 0 N–H and O–H groups in total. The molecule has 2 aliphatic rings.